The summed E-state index contributed by atoms with van der Waals surface area (Å²) in [5.74, 6) is -1.85. The Balaban J connectivity index is 1.74. The number of alkyl halides is 3. The van der Waals surface area contributed by atoms with Crippen molar-refractivity contribution in [2.75, 3.05) is 0 Å². The minimum Gasteiger partial charge on any atom is -0.376 e. The standard InChI is InChI=1S/C20H11F3N2O5S/c21-20(22,23)31(28,29)30-13-7-3-6-12-16(13)14-10(8-24-12)18(26)17-15(19(14)27)9-4-1-2-5-11(9)25-17/h1-2,4-5,7-8,25H,3,6H2. The summed E-state index contributed by atoms with van der Waals surface area (Å²) in [6, 6.07) is 6.70. The van der Waals surface area contributed by atoms with Gasteiger partial charge < -0.3 is 9.17 Å². The highest BCUT2D eigenvalue weighted by Gasteiger charge is 2.50. The number of hydrogen-bond donors (Lipinski definition) is 1. The SMILES string of the molecule is O=C1c2cnc3c(c2C(=O)c2c1[nH]c1ccccc21)C(OS(=O)(=O)C(F)(F)F)=CCC3. The van der Waals surface area contributed by atoms with Crippen molar-refractivity contribution in [3.63, 3.8) is 0 Å². The molecular weight excluding hydrogens is 437 g/mol. The van der Waals surface area contributed by atoms with Crippen LogP contribution in [0.25, 0.3) is 16.7 Å². The van der Waals surface area contributed by atoms with E-state index < -0.39 is 33.0 Å². The minimum atomic E-state index is -5.98. The Kier molecular flexibility index (Phi) is 3.94. The molecule has 0 radical (unpaired) electrons. The van der Waals surface area contributed by atoms with Gasteiger partial charge in [-0.15, -0.1) is 0 Å². The fourth-order valence-electron chi connectivity index (χ4n) is 3.90. The average molecular weight is 448 g/mol. The molecule has 0 fully saturated rings. The third kappa shape index (κ3) is 2.73. The van der Waals surface area contributed by atoms with Crippen molar-refractivity contribution >= 4 is 38.3 Å². The molecule has 158 valence electrons. The summed E-state index contributed by atoms with van der Waals surface area (Å²) in [5, 5.41) is 0.470. The van der Waals surface area contributed by atoms with Gasteiger partial charge in [-0.2, -0.15) is 21.6 Å². The van der Waals surface area contributed by atoms with Gasteiger partial charge in [0.1, 0.15) is 5.76 Å². The van der Waals surface area contributed by atoms with E-state index in [-0.39, 0.29) is 46.5 Å². The molecule has 0 atom stereocenters. The van der Waals surface area contributed by atoms with E-state index in [0.29, 0.717) is 10.9 Å². The number of benzene rings is 1. The predicted octanol–water partition coefficient (Wildman–Crippen LogP) is 3.49. The number of aryl methyl sites for hydroxylation is 1. The fourth-order valence-corrected chi connectivity index (χ4v) is 4.39. The van der Waals surface area contributed by atoms with Crippen LogP contribution in [0.4, 0.5) is 13.2 Å². The Morgan fingerprint density at radius 3 is 2.52 bits per heavy atom. The molecule has 11 heteroatoms. The highest BCUT2D eigenvalue weighted by molar-refractivity contribution is 7.87. The van der Waals surface area contributed by atoms with E-state index in [1.807, 2.05) is 0 Å². The van der Waals surface area contributed by atoms with Crippen LogP contribution < -0.4 is 0 Å². The van der Waals surface area contributed by atoms with E-state index in [1.165, 1.54) is 6.20 Å². The molecule has 0 aliphatic heterocycles. The molecule has 2 aromatic heterocycles. The molecule has 7 nitrogen and oxygen atoms in total. The average Bonchev–Trinajstić information content (AvgIpc) is 3.10. The van der Waals surface area contributed by atoms with Crippen molar-refractivity contribution < 1.29 is 35.4 Å². The second kappa shape index (κ2) is 6.27. The lowest BCUT2D eigenvalue weighted by Crippen LogP contribution is -2.28. The van der Waals surface area contributed by atoms with E-state index in [0.717, 1.165) is 6.08 Å². The Morgan fingerprint density at radius 1 is 1.03 bits per heavy atom. The molecule has 2 heterocycles. The van der Waals surface area contributed by atoms with Crippen LogP contribution in [0, 0.1) is 0 Å². The van der Waals surface area contributed by atoms with Crippen LogP contribution in [-0.2, 0) is 20.7 Å². The van der Waals surface area contributed by atoms with E-state index in [9.17, 15) is 31.2 Å². The summed E-state index contributed by atoms with van der Waals surface area (Å²) in [7, 11) is -5.98. The van der Waals surface area contributed by atoms with Crippen LogP contribution in [0.5, 0.6) is 0 Å². The summed E-state index contributed by atoms with van der Waals surface area (Å²) in [5.41, 5.74) is -5.37. The normalized spacial score (nSPS) is 15.9. The van der Waals surface area contributed by atoms with Gasteiger partial charge in [0.05, 0.1) is 28.1 Å². The number of hydrogen-bond acceptors (Lipinski definition) is 6. The van der Waals surface area contributed by atoms with E-state index in [2.05, 4.69) is 14.2 Å². The first kappa shape index (κ1) is 19.5. The van der Waals surface area contributed by atoms with E-state index in [4.69, 9.17) is 0 Å². The van der Waals surface area contributed by atoms with Crippen LogP contribution in [0.1, 0.15) is 49.7 Å². The smallest absolute Gasteiger partial charge is 0.376 e. The van der Waals surface area contributed by atoms with Crippen molar-refractivity contribution in [2.24, 2.45) is 0 Å². The number of allylic oxidation sites excluding steroid dienone is 1. The monoisotopic (exact) mass is 448 g/mol. The Bertz CT molecular complexity index is 1450. The number of nitrogens with one attached hydrogen (secondary N) is 1. The highest BCUT2D eigenvalue weighted by atomic mass is 32.2. The molecule has 0 amide bonds. The number of carbonyl (C=O) groups excluding carboxylic acids is 2. The van der Waals surface area contributed by atoms with Gasteiger partial charge >= 0.3 is 15.6 Å². The van der Waals surface area contributed by atoms with Gasteiger partial charge in [-0.3, -0.25) is 14.6 Å². The number of ketones is 2. The van der Waals surface area contributed by atoms with Crippen molar-refractivity contribution in [1.82, 2.24) is 9.97 Å². The van der Waals surface area contributed by atoms with Gasteiger partial charge in [-0.05, 0) is 25.0 Å². The lowest BCUT2D eigenvalue weighted by atomic mass is 9.82. The number of rotatable bonds is 2. The predicted molar refractivity (Wildman–Crippen MR) is 102 cm³/mol. The summed E-state index contributed by atoms with van der Waals surface area (Å²) in [6.07, 6.45) is 2.73. The number of aromatic nitrogens is 2. The van der Waals surface area contributed by atoms with Gasteiger partial charge in [0, 0.05) is 22.7 Å². The molecule has 0 spiro atoms. The third-order valence-corrected chi connectivity index (χ3v) is 6.20. The lowest BCUT2D eigenvalue weighted by molar-refractivity contribution is -0.0509. The number of nitrogens with zero attached hydrogens (tertiary/aromatic N) is 1. The van der Waals surface area contributed by atoms with Gasteiger partial charge in [-0.25, -0.2) is 0 Å². The largest absolute Gasteiger partial charge is 0.534 e. The van der Waals surface area contributed by atoms with Crippen LogP contribution in [0.2, 0.25) is 0 Å². The molecule has 3 aromatic rings. The lowest BCUT2D eigenvalue weighted by Gasteiger charge is -2.24. The number of para-hydroxylation sites is 1. The molecule has 2 aliphatic rings. The minimum absolute atomic E-state index is 0.0469. The third-order valence-electron chi connectivity index (χ3n) is 5.23. The van der Waals surface area contributed by atoms with Crippen LogP contribution in [-0.4, -0.2) is 35.5 Å². The van der Waals surface area contributed by atoms with Crippen LogP contribution in [0.15, 0.2) is 36.5 Å². The topological polar surface area (TPSA) is 106 Å². The number of carbonyl (C=O) groups is 2. The molecular formula is C20H11F3N2O5S. The van der Waals surface area contributed by atoms with Gasteiger partial charge in [0.15, 0.2) is 5.78 Å². The summed E-state index contributed by atoms with van der Waals surface area (Å²) < 4.78 is 66.3. The molecule has 0 bridgehead atoms. The molecule has 0 unspecified atom stereocenters. The molecule has 0 saturated heterocycles. The van der Waals surface area contributed by atoms with Crippen LogP contribution in [0.3, 0.4) is 0 Å². The zero-order chi connectivity index (χ0) is 22.1. The molecule has 5 rings (SSSR count). The van der Waals surface area contributed by atoms with Crippen molar-refractivity contribution in [3.05, 3.63) is 70.2 Å². The number of fused-ring (bicyclic) bond motifs is 6. The Hall–Kier alpha value is -3.47. The summed E-state index contributed by atoms with van der Waals surface area (Å²) in [6.45, 7) is 0. The maximum atomic E-state index is 13.5. The summed E-state index contributed by atoms with van der Waals surface area (Å²) in [4.78, 5) is 33.5. The van der Waals surface area contributed by atoms with E-state index in [1.54, 1.807) is 24.3 Å². The van der Waals surface area contributed by atoms with Crippen molar-refractivity contribution in [1.29, 1.82) is 0 Å². The first-order valence-corrected chi connectivity index (χ1v) is 10.4. The molecule has 2 aliphatic carbocycles. The summed E-state index contributed by atoms with van der Waals surface area (Å²) >= 11 is 0. The van der Waals surface area contributed by atoms with Crippen molar-refractivity contribution in [2.45, 2.75) is 18.3 Å². The first-order chi connectivity index (χ1) is 14.6. The van der Waals surface area contributed by atoms with Gasteiger partial charge in [0.2, 0.25) is 5.78 Å². The number of H-pyrrole nitrogens is 1. The Morgan fingerprint density at radius 2 is 1.77 bits per heavy atom. The zero-order valence-corrected chi connectivity index (χ0v) is 16.2. The zero-order valence-electron chi connectivity index (χ0n) is 15.4. The number of pyridine rings is 1. The number of halogens is 3. The first-order valence-electron chi connectivity index (χ1n) is 9.03. The number of aromatic amines is 1. The van der Waals surface area contributed by atoms with E-state index >= 15 is 0 Å². The van der Waals surface area contributed by atoms with Crippen molar-refractivity contribution in [3.8, 4) is 0 Å². The molecule has 1 aromatic carbocycles. The maximum Gasteiger partial charge on any atom is 0.534 e. The molecule has 31 heavy (non-hydrogen) atoms. The Labute approximate surface area is 172 Å². The second-order valence-corrected chi connectivity index (χ2v) is 8.58. The second-order valence-electron chi connectivity index (χ2n) is 7.04. The molecule has 0 saturated carbocycles. The highest BCUT2D eigenvalue weighted by Crippen LogP contribution is 2.40. The van der Waals surface area contributed by atoms with Gasteiger partial charge in [-0.1, -0.05) is 18.2 Å². The maximum absolute atomic E-state index is 13.5. The van der Waals surface area contributed by atoms with Gasteiger partial charge in [0.25, 0.3) is 0 Å². The molecule has 1 N–H and O–H groups in total. The fraction of sp³-hybridized carbons (Fsp3) is 0.150. The van der Waals surface area contributed by atoms with Crippen LogP contribution >= 0.6 is 0 Å². The quantitative estimate of drug-likeness (QED) is 0.372.